The van der Waals surface area contributed by atoms with Gasteiger partial charge in [-0.3, -0.25) is 4.99 Å². The van der Waals surface area contributed by atoms with E-state index in [0.29, 0.717) is 18.5 Å². The molecule has 154 valence electrons. The number of guanidine groups is 1. The Labute approximate surface area is 180 Å². The molecule has 1 aromatic carbocycles. The van der Waals surface area contributed by atoms with Gasteiger partial charge in [0.25, 0.3) is 0 Å². The Morgan fingerprint density at radius 2 is 1.78 bits per heavy atom. The van der Waals surface area contributed by atoms with Gasteiger partial charge in [0.15, 0.2) is 17.5 Å². The first kappa shape index (κ1) is 23.8. The predicted molar refractivity (Wildman–Crippen MR) is 123 cm³/mol. The minimum absolute atomic E-state index is 0. The maximum Gasteiger partial charge on any atom is 0.188 e. The highest BCUT2D eigenvalue weighted by Gasteiger charge is 2.17. The number of nitrogens with zero attached hydrogens (tertiary/aromatic N) is 2. The van der Waals surface area contributed by atoms with E-state index >= 15 is 0 Å². The first-order chi connectivity index (χ1) is 12.5. The molecule has 1 aliphatic rings. The fourth-order valence-corrected chi connectivity index (χ4v) is 3.49. The van der Waals surface area contributed by atoms with Gasteiger partial charge in [-0.25, -0.2) is 0 Å². The molecule has 0 bridgehead atoms. The van der Waals surface area contributed by atoms with E-state index in [2.05, 4.69) is 21.3 Å². The van der Waals surface area contributed by atoms with Crippen LogP contribution in [0.25, 0.3) is 0 Å². The van der Waals surface area contributed by atoms with Crippen molar-refractivity contribution >= 4 is 29.9 Å². The normalized spacial score (nSPS) is 17.0. The number of aliphatic imine (C=N–C) groups is 1. The zero-order valence-electron chi connectivity index (χ0n) is 17.0. The monoisotopic (exact) mass is 490 g/mol. The molecule has 7 heteroatoms. The summed E-state index contributed by atoms with van der Waals surface area (Å²) in [7, 11) is 7.39. The molecule has 27 heavy (non-hydrogen) atoms. The van der Waals surface area contributed by atoms with E-state index in [4.69, 9.17) is 15.2 Å². The second kappa shape index (κ2) is 12.3. The molecule has 1 fully saturated rings. The first-order valence-corrected chi connectivity index (χ1v) is 9.50. The smallest absolute Gasteiger partial charge is 0.188 e. The number of nitrogens with one attached hydrogen (secondary N) is 1. The number of benzene rings is 1. The molecule has 0 amide bonds. The Morgan fingerprint density at radius 1 is 1.15 bits per heavy atom. The summed E-state index contributed by atoms with van der Waals surface area (Å²) >= 11 is 0. The summed E-state index contributed by atoms with van der Waals surface area (Å²) in [5.41, 5.74) is 7.28. The van der Waals surface area contributed by atoms with Gasteiger partial charge >= 0.3 is 0 Å². The number of halogens is 1. The van der Waals surface area contributed by atoms with Crippen LogP contribution in [0.3, 0.4) is 0 Å². The lowest BCUT2D eigenvalue weighted by Crippen LogP contribution is -2.40. The minimum atomic E-state index is 0. The van der Waals surface area contributed by atoms with E-state index in [1.165, 1.54) is 38.5 Å². The molecule has 3 N–H and O–H groups in total. The molecule has 0 saturated heterocycles. The Hall–Kier alpha value is -1.22. The van der Waals surface area contributed by atoms with Crippen molar-refractivity contribution < 1.29 is 9.47 Å². The van der Waals surface area contributed by atoms with Gasteiger partial charge in [0.1, 0.15) is 0 Å². The van der Waals surface area contributed by atoms with Crippen molar-refractivity contribution in [1.82, 2.24) is 10.2 Å². The fraction of sp³-hybridized carbons (Fsp3) is 0.650. The van der Waals surface area contributed by atoms with E-state index in [9.17, 15) is 0 Å². The van der Waals surface area contributed by atoms with Gasteiger partial charge in [0, 0.05) is 6.04 Å². The molecule has 1 atom stereocenters. The van der Waals surface area contributed by atoms with Crippen LogP contribution in [-0.2, 0) is 0 Å². The minimum Gasteiger partial charge on any atom is -0.493 e. The molecule has 0 aliphatic heterocycles. The molecular formula is C20H35IN4O2. The highest BCUT2D eigenvalue weighted by atomic mass is 127. The molecule has 1 aromatic rings. The maximum atomic E-state index is 6.16. The van der Waals surface area contributed by atoms with E-state index in [1.807, 2.05) is 26.2 Å². The summed E-state index contributed by atoms with van der Waals surface area (Å²) in [5.74, 6) is 2.00. The second-order valence-corrected chi connectivity index (χ2v) is 7.15. The summed E-state index contributed by atoms with van der Waals surface area (Å²) in [6, 6.07) is 6.57. The van der Waals surface area contributed by atoms with Crippen LogP contribution >= 0.6 is 24.0 Å². The van der Waals surface area contributed by atoms with Crippen molar-refractivity contribution in [1.29, 1.82) is 0 Å². The third-order valence-corrected chi connectivity index (χ3v) is 5.06. The maximum absolute atomic E-state index is 6.16. The third kappa shape index (κ3) is 7.37. The molecule has 0 aromatic heterocycles. The van der Waals surface area contributed by atoms with Crippen LogP contribution in [-0.4, -0.2) is 51.8 Å². The van der Waals surface area contributed by atoms with Crippen LogP contribution in [0, 0.1) is 0 Å². The van der Waals surface area contributed by atoms with Gasteiger partial charge in [0.05, 0.1) is 26.8 Å². The van der Waals surface area contributed by atoms with Crippen molar-refractivity contribution in [3.05, 3.63) is 23.8 Å². The first-order valence-electron chi connectivity index (χ1n) is 9.50. The van der Waals surface area contributed by atoms with Gasteiger partial charge in [0.2, 0.25) is 0 Å². The van der Waals surface area contributed by atoms with Gasteiger partial charge in [-0.2, -0.15) is 0 Å². The Bertz CT molecular complexity index is 587. The quantitative estimate of drug-likeness (QED) is 0.265. The molecule has 0 radical (unpaired) electrons. The Kier molecular flexibility index (Phi) is 10.8. The number of nitrogens with two attached hydrogens (primary N) is 1. The lowest BCUT2D eigenvalue weighted by atomic mass is 10.1. The second-order valence-electron chi connectivity index (χ2n) is 7.15. The number of methoxy groups -OCH3 is 2. The number of hydrogen-bond donors (Lipinski definition) is 2. The Balaban J connectivity index is 0.00000364. The number of rotatable bonds is 7. The van der Waals surface area contributed by atoms with Crippen LogP contribution < -0.4 is 20.5 Å². The van der Waals surface area contributed by atoms with Gasteiger partial charge < -0.3 is 25.4 Å². The lowest BCUT2D eigenvalue weighted by molar-refractivity contribution is 0.303. The lowest BCUT2D eigenvalue weighted by Gasteiger charge is -2.24. The van der Waals surface area contributed by atoms with Gasteiger partial charge in [-0.15, -0.1) is 24.0 Å². The number of likely N-dealkylation sites (N-methyl/N-ethyl adjacent to an activating group) is 1. The number of hydrogen-bond acceptors (Lipinski definition) is 4. The topological polar surface area (TPSA) is 72.1 Å². The molecule has 6 nitrogen and oxygen atoms in total. The Morgan fingerprint density at radius 3 is 2.33 bits per heavy atom. The summed E-state index contributed by atoms with van der Waals surface area (Å²) in [6.07, 6.45) is 7.58. The van der Waals surface area contributed by atoms with E-state index in [1.54, 1.807) is 14.2 Å². The molecular weight excluding hydrogens is 455 g/mol. The van der Waals surface area contributed by atoms with Crippen LogP contribution in [0.15, 0.2) is 23.2 Å². The molecule has 2 rings (SSSR count). The zero-order valence-corrected chi connectivity index (χ0v) is 19.4. The summed E-state index contributed by atoms with van der Waals surface area (Å²) in [6.45, 7) is 0.591. The van der Waals surface area contributed by atoms with Crippen LogP contribution in [0.5, 0.6) is 11.5 Å². The average molecular weight is 490 g/mol. The third-order valence-electron chi connectivity index (χ3n) is 5.06. The standard InChI is InChI=1S/C20H34N4O2.HI/c1-24(2)17(15-11-12-18(25-3)19(13-15)26-4)14-22-20(21)23-16-9-7-5-6-8-10-16;/h11-13,16-17H,5-10,14H2,1-4H3,(H3,21,22,23);1H. The van der Waals surface area contributed by atoms with Crippen molar-refractivity contribution in [3.8, 4) is 11.5 Å². The van der Waals surface area contributed by atoms with Crippen molar-refractivity contribution in [2.24, 2.45) is 10.7 Å². The van der Waals surface area contributed by atoms with Crippen LogP contribution in [0.2, 0.25) is 0 Å². The van der Waals surface area contributed by atoms with E-state index in [0.717, 1.165) is 17.1 Å². The van der Waals surface area contributed by atoms with Crippen molar-refractivity contribution in [2.75, 3.05) is 34.9 Å². The highest BCUT2D eigenvalue weighted by Crippen LogP contribution is 2.31. The van der Waals surface area contributed by atoms with E-state index in [-0.39, 0.29) is 30.0 Å². The predicted octanol–water partition coefficient (Wildman–Crippen LogP) is 3.55. The largest absolute Gasteiger partial charge is 0.493 e. The summed E-state index contributed by atoms with van der Waals surface area (Å²) in [5, 5.41) is 3.41. The van der Waals surface area contributed by atoms with Gasteiger partial charge in [-0.1, -0.05) is 31.7 Å². The van der Waals surface area contributed by atoms with Crippen LogP contribution in [0.4, 0.5) is 0 Å². The van der Waals surface area contributed by atoms with E-state index < -0.39 is 0 Å². The zero-order chi connectivity index (χ0) is 18.9. The van der Waals surface area contributed by atoms with Crippen molar-refractivity contribution in [3.63, 3.8) is 0 Å². The highest BCUT2D eigenvalue weighted by molar-refractivity contribution is 14.0. The summed E-state index contributed by atoms with van der Waals surface area (Å²) < 4.78 is 10.8. The molecule has 0 spiro atoms. The SMILES string of the molecule is COc1ccc(C(CN=C(N)NC2CCCCCC2)N(C)C)cc1OC.I. The molecule has 0 heterocycles. The van der Waals surface area contributed by atoms with Gasteiger partial charge in [-0.05, 0) is 44.6 Å². The summed E-state index contributed by atoms with van der Waals surface area (Å²) in [4.78, 5) is 6.76. The average Bonchev–Trinajstić information content (AvgIpc) is 2.90. The number of ether oxygens (including phenoxy) is 2. The fourth-order valence-electron chi connectivity index (χ4n) is 3.49. The van der Waals surface area contributed by atoms with Crippen molar-refractivity contribution in [2.45, 2.75) is 50.6 Å². The molecule has 1 saturated carbocycles. The molecule has 1 unspecified atom stereocenters. The molecule has 1 aliphatic carbocycles. The van der Waals surface area contributed by atoms with Crippen LogP contribution in [0.1, 0.15) is 50.1 Å².